The number of hydrogen-bond donors (Lipinski definition) is 1. The fourth-order valence-corrected chi connectivity index (χ4v) is 2.61. The first-order valence-electron chi connectivity index (χ1n) is 6.96. The molecular formula is C14H21N3O3. The van der Waals surface area contributed by atoms with E-state index in [-0.39, 0.29) is 5.69 Å². The van der Waals surface area contributed by atoms with E-state index in [4.69, 9.17) is 4.74 Å². The molecule has 20 heavy (non-hydrogen) atoms. The van der Waals surface area contributed by atoms with Gasteiger partial charge < -0.3 is 15.0 Å². The van der Waals surface area contributed by atoms with Gasteiger partial charge in [0.05, 0.1) is 12.0 Å². The monoisotopic (exact) mass is 279 g/mol. The summed E-state index contributed by atoms with van der Waals surface area (Å²) >= 11 is 0. The van der Waals surface area contributed by atoms with Crippen molar-refractivity contribution in [3.05, 3.63) is 28.3 Å². The van der Waals surface area contributed by atoms with Gasteiger partial charge in [0.15, 0.2) is 5.75 Å². The van der Waals surface area contributed by atoms with Crippen molar-refractivity contribution in [2.45, 2.75) is 25.8 Å². The molecule has 1 aromatic rings. The number of nitrogens with one attached hydrogen (secondary N) is 1. The van der Waals surface area contributed by atoms with Gasteiger partial charge in [-0.1, -0.05) is 0 Å². The van der Waals surface area contributed by atoms with Crippen molar-refractivity contribution in [1.29, 1.82) is 0 Å². The van der Waals surface area contributed by atoms with Crippen LogP contribution in [0.3, 0.4) is 0 Å². The summed E-state index contributed by atoms with van der Waals surface area (Å²) < 4.78 is 5.13. The van der Waals surface area contributed by atoms with Crippen LogP contribution in [0.5, 0.6) is 5.75 Å². The molecule has 1 aliphatic rings. The normalized spacial score (nSPS) is 18.0. The zero-order valence-electron chi connectivity index (χ0n) is 12.0. The van der Waals surface area contributed by atoms with Crippen LogP contribution in [-0.4, -0.2) is 37.7 Å². The van der Waals surface area contributed by atoms with E-state index in [0.29, 0.717) is 11.8 Å². The number of rotatable bonds is 6. The molecule has 1 fully saturated rings. The number of likely N-dealkylation sites (N-methyl/N-ethyl adjacent to an activating group) is 1. The summed E-state index contributed by atoms with van der Waals surface area (Å²) in [5.74, 6) is 0.310. The predicted octanol–water partition coefficient (Wildman–Crippen LogP) is 2.18. The Morgan fingerprint density at radius 1 is 1.55 bits per heavy atom. The number of nitrogens with zero attached hydrogens (tertiary/aromatic N) is 2. The second-order valence-corrected chi connectivity index (χ2v) is 4.95. The molecule has 1 N–H and O–H groups in total. The van der Waals surface area contributed by atoms with E-state index in [1.54, 1.807) is 12.1 Å². The van der Waals surface area contributed by atoms with Crippen molar-refractivity contribution in [1.82, 2.24) is 5.32 Å². The molecule has 1 atom stereocenters. The zero-order chi connectivity index (χ0) is 14.5. The average Bonchev–Trinajstić information content (AvgIpc) is 2.96. The van der Waals surface area contributed by atoms with E-state index < -0.39 is 4.92 Å². The Hall–Kier alpha value is -1.82. The average molecular weight is 279 g/mol. The predicted molar refractivity (Wildman–Crippen MR) is 78.6 cm³/mol. The SMILES string of the molecule is CCN(CC1CCCN1)c1ccc([N+](=O)[O-])c(OC)c1. The van der Waals surface area contributed by atoms with E-state index in [1.165, 1.54) is 26.0 Å². The summed E-state index contributed by atoms with van der Waals surface area (Å²) in [6.45, 7) is 4.94. The number of ether oxygens (including phenoxy) is 1. The summed E-state index contributed by atoms with van der Waals surface area (Å²) in [6, 6.07) is 5.55. The van der Waals surface area contributed by atoms with Gasteiger partial charge in [-0.3, -0.25) is 10.1 Å². The lowest BCUT2D eigenvalue weighted by molar-refractivity contribution is -0.385. The molecule has 1 unspecified atom stereocenters. The maximum atomic E-state index is 10.9. The van der Waals surface area contributed by atoms with Gasteiger partial charge in [-0.2, -0.15) is 0 Å². The number of anilines is 1. The largest absolute Gasteiger partial charge is 0.490 e. The quantitative estimate of drug-likeness (QED) is 0.638. The second-order valence-electron chi connectivity index (χ2n) is 4.95. The fraction of sp³-hybridized carbons (Fsp3) is 0.571. The highest BCUT2D eigenvalue weighted by Gasteiger charge is 2.20. The number of nitro benzene ring substituents is 1. The van der Waals surface area contributed by atoms with Gasteiger partial charge in [0.25, 0.3) is 0 Å². The first-order chi connectivity index (χ1) is 9.65. The minimum Gasteiger partial charge on any atom is -0.490 e. The van der Waals surface area contributed by atoms with E-state index in [2.05, 4.69) is 17.1 Å². The molecule has 0 bridgehead atoms. The molecule has 1 saturated heterocycles. The van der Waals surface area contributed by atoms with Gasteiger partial charge in [-0.15, -0.1) is 0 Å². The van der Waals surface area contributed by atoms with Crippen molar-refractivity contribution in [2.24, 2.45) is 0 Å². The topological polar surface area (TPSA) is 67.6 Å². The van der Waals surface area contributed by atoms with Crippen molar-refractivity contribution >= 4 is 11.4 Å². The number of nitro groups is 1. The maximum absolute atomic E-state index is 10.9. The lowest BCUT2D eigenvalue weighted by Crippen LogP contribution is -2.37. The molecule has 0 aromatic heterocycles. The molecule has 6 nitrogen and oxygen atoms in total. The molecule has 1 aromatic carbocycles. The van der Waals surface area contributed by atoms with E-state index >= 15 is 0 Å². The molecule has 0 aliphatic carbocycles. The Bertz CT molecular complexity index is 473. The molecule has 0 spiro atoms. The van der Waals surface area contributed by atoms with Crippen LogP contribution in [0, 0.1) is 10.1 Å². The second kappa shape index (κ2) is 6.56. The highest BCUT2D eigenvalue weighted by atomic mass is 16.6. The van der Waals surface area contributed by atoms with Crippen LogP contribution >= 0.6 is 0 Å². The molecule has 0 radical (unpaired) electrons. The third kappa shape index (κ3) is 3.19. The van der Waals surface area contributed by atoms with Crippen LogP contribution in [-0.2, 0) is 0 Å². The molecule has 1 heterocycles. The molecule has 0 amide bonds. The van der Waals surface area contributed by atoms with E-state index in [9.17, 15) is 10.1 Å². The van der Waals surface area contributed by atoms with Crippen molar-refractivity contribution in [3.63, 3.8) is 0 Å². The number of hydrogen-bond acceptors (Lipinski definition) is 5. The first-order valence-corrected chi connectivity index (χ1v) is 6.96. The molecule has 6 heteroatoms. The lowest BCUT2D eigenvalue weighted by Gasteiger charge is -2.26. The van der Waals surface area contributed by atoms with Crippen LogP contribution < -0.4 is 15.0 Å². The van der Waals surface area contributed by atoms with Crippen LogP contribution in [0.15, 0.2) is 18.2 Å². The third-order valence-electron chi connectivity index (χ3n) is 3.71. The highest BCUT2D eigenvalue weighted by Crippen LogP contribution is 2.31. The Balaban J connectivity index is 2.18. The highest BCUT2D eigenvalue weighted by molar-refractivity contribution is 5.59. The fourth-order valence-electron chi connectivity index (χ4n) is 2.61. The summed E-state index contributed by atoms with van der Waals surface area (Å²) in [5, 5.41) is 14.4. The van der Waals surface area contributed by atoms with Gasteiger partial charge in [0, 0.05) is 37.0 Å². The Labute approximate surface area is 118 Å². The van der Waals surface area contributed by atoms with E-state index in [0.717, 1.165) is 25.3 Å². The smallest absolute Gasteiger partial charge is 0.311 e. The molecule has 2 rings (SSSR count). The van der Waals surface area contributed by atoms with Crippen molar-refractivity contribution in [2.75, 3.05) is 31.6 Å². The Morgan fingerprint density at radius 3 is 2.90 bits per heavy atom. The Kier molecular flexibility index (Phi) is 4.79. The Morgan fingerprint density at radius 2 is 2.35 bits per heavy atom. The van der Waals surface area contributed by atoms with Gasteiger partial charge >= 0.3 is 5.69 Å². The van der Waals surface area contributed by atoms with Crippen LogP contribution in [0.2, 0.25) is 0 Å². The first kappa shape index (κ1) is 14.6. The van der Waals surface area contributed by atoms with Crippen LogP contribution in [0.1, 0.15) is 19.8 Å². The summed E-state index contributed by atoms with van der Waals surface area (Å²) in [6.07, 6.45) is 2.40. The molecule has 110 valence electrons. The summed E-state index contributed by atoms with van der Waals surface area (Å²) in [5.41, 5.74) is 0.968. The standard InChI is InChI=1S/C14H21N3O3/c1-3-16(10-11-5-4-8-15-11)12-6-7-13(17(18)19)14(9-12)20-2/h6-7,9,11,15H,3-5,8,10H2,1-2H3. The minimum absolute atomic E-state index is 0.00583. The molecule has 1 aliphatic heterocycles. The number of benzene rings is 1. The lowest BCUT2D eigenvalue weighted by atomic mass is 10.2. The zero-order valence-corrected chi connectivity index (χ0v) is 12.0. The van der Waals surface area contributed by atoms with Crippen molar-refractivity contribution in [3.8, 4) is 5.75 Å². The maximum Gasteiger partial charge on any atom is 0.311 e. The summed E-state index contributed by atoms with van der Waals surface area (Å²) in [4.78, 5) is 12.7. The van der Waals surface area contributed by atoms with Crippen LogP contribution in [0.4, 0.5) is 11.4 Å². The van der Waals surface area contributed by atoms with Crippen LogP contribution in [0.25, 0.3) is 0 Å². The molecular weight excluding hydrogens is 258 g/mol. The van der Waals surface area contributed by atoms with Crippen molar-refractivity contribution < 1.29 is 9.66 Å². The molecule has 0 saturated carbocycles. The van der Waals surface area contributed by atoms with Gasteiger partial charge in [-0.05, 0) is 32.4 Å². The van der Waals surface area contributed by atoms with E-state index in [1.807, 2.05) is 0 Å². The van der Waals surface area contributed by atoms with Gasteiger partial charge in [0.2, 0.25) is 0 Å². The van der Waals surface area contributed by atoms with Gasteiger partial charge in [-0.25, -0.2) is 0 Å². The third-order valence-corrected chi connectivity index (χ3v) is 3.71. The van der Waals surface area contributed by atoms with Gasteiger partial charge in [0.1, 0.15) is 0 Å². The number of methoxy groups -OCH3 is 1. The summed E-state index contributed by atoms with van der Waals surface area (Å²) in [7, 11) is 1.46. The minimum atomic E-state index is -0.419.